The summed E-state index contributed by atoms with van der Waals surface area (Å²) in [6.07, 6.45) is 8.54. The predicted molar refractivity (Wildman–Crippen MR) is 133 cm³/mol. The van der Waals surface area contributed by atoms with Gasteiger partial charge in [-0.15, -0.1) is 0 Å². The first-order valence-electron chi connectivity index (χ1n) is 12.7. The van der Waals surface area contributed by atoms with Gasteiger partial charge in [0.2, 0.25) is 17.7 Å². The van der Waals surface area contributed by atoms with Gasteiger partial charge in [-0.2, -0.15) is 0 Å². The van der Waals surface area contributed by atoms with E-state index < -0.39 is 50.0 Å². The number of morpholine rings is 1. The topological polar surface area (TPSA) is 165 Å². The second-order valence-electron chi connectivity index (χ2n) is 10.4. The SMILES string of the molecule is CC(C)(C(=O)N1CCOCC1)S(=O)(=O)C[C@@H](CC1CCCCC1)C(=O)NC(Cc1cnc[nH]1)C(N)=O. The van der Waals surface area contributed by atoms with Crippen LogP contribution in [0, 0.1) is 11.8 Å². The van der Waals surface area contributed by atoms with Crippen LogP contribution in [0.1, 0.15) is 58.1 Å². The van der Waals surface area contributed by atoms with Gasteiger partial charge in [0.25, 0.3) is 0 Å². The van der Waals surface area contributed by atoms with Crippen LogP contribution >= 0.6 is 0 Å². The van der Waals surface area contributed by atoms with Crippen molar-refractivity contribution in [1.82, 2.24) is 20.2 Å². The van der Waals surface area contributed by atoms with Crippen LogP contribution in [0.3, 0.4) is 0 Å². The Bertz CT molecular complexity index is 998. The lowest BCUT2D eigenvalue weighted by Gasteiger charge is -2.35. The van der Waals surface area contributed by atoms with Crippen molar-refractivity contribution in [3.8, 4) is 0 Å². The molecule has 0 bridgehead atoms. The fourth-order valence-corrected chi connectivity index (χ4v) is 6.59. The zero-order valence-electron chi connectivity index (χ0n) is 21.2. The fourth-order valence-electron chi connectivity index (χ4n) is 4.96. The molecule has 1 aliphatic carbocycles. The Kier molecular flexibility index (Phi) is 9.51. The number of hydrogen-bond donors (Lipinski definition) is 3. The van der Waals surface area contributed by atoms with Gasteiger partial charge < -0.3 is 25.7 Å². The molecule has 0 spiro atoms. The van der Waals surface area contributed by atoms with Gasteiger partial charge in [0, 0.05) is 31.4 Å². The molecule has 2 aliphatic rings. The zero-order valence-corrected chi connectivity index (χ0v) is 22.0. The molecule has 11 nitrogen and oxygen atoms in total. The molecule has 2 heterocycles. The zero-order chi connectivity index (χ0) is 26.3. The monoisotopic (exact) mass is 525 g/mol. The summed E-state index contributed by atoms with van der Waals surface area (Å²) in [5.41, 5.74) is 6.16. The second-order valence-corrected chi connectivity index (χ2v) is 13.0. The van der Waals surface area contributed by atoms with E-state index in [1.807, 2.05) is 0 Å². The summed E-state index contributed by atoms with van der Waals surface area (Å²) >= 11 is 0. The van der Waals surface area contributed by atoms with E-state index in [2.05, 4.69) is 15.3 Å². The highest BCUT2D eigenvalue weighted by Gasteiger charge is 2.46. The van der Waals surface area contributed by atoms with Gasteiger partial charge in [0.1, 0.15) is 10.8 Å². The highest BCUT2D eigenvalue weighted by atomic mass is 32.2. The number of aromatic nitrogens is 2. The maximum absolute atomic E-state index is 13.6. The minimum absolute atomic E-state index is 0.116. The van der Waals surface area contributed by atoms with Crippen LogP contribution in [0.4, 0.5) is 0 Å². The highest BCUT2D eigenvalue weighted by molar-refractivity contribution is 7.93. The molecule has 0 aromatic carbocycles. The first-order chi connectivity index (χ1) is 17.0. The molecular formula is C24H39N5O6S. The number of primary amides is 1. The third-order valence-corrected chi connectivity index (χ3v) is 9.93. The van der Waals surface area contributed by atoms with Crippen molar-refractivity contribution >= 4 is 27.6 Å². The quantitative estimate of drug-likeness (QED) is 0.380. The van der Waals surface area contributed by atoms with Crippen LogP contribution in [-0.4, -0.2) is 83.9 Å². The predicted octanol–water partition coefficient (Wildman–Crippen LogP) is 0.561. The Balaban J connectivity index is 1.78. The van der Waals surface area contributed by atoms with E-state index >= 15 is 0 Å². The van der Waals surface area contributed by atoms with Gasteiger partial charge in [-0.05, 0) is 26.2 Å². The Labute approximate surface area is 212 Å². The molecule has 1 saturated carbocycles. The van der Waals surface area contributed by atoms with Crippen molar-refractivity contribution in [2.24, 2.45) is 17.6 Å². The van der Waals surface area contributed by atoms with Crippen LogP contribution in [0.5, 0.6) is 0 Å². The van der Waals surface area contributed by atoms with Crippen LogP contribution < -0.4 is 11.1 Å². The van der Waals surface area contributed by atoms with E-state index in [1.54, 1.807) is 0 Å². The first-order valence-corrected chi connectivity index (χ1v) is 14.3. The number of nitrogens with two attached hydrogens (primary N) is 1. The third-order valence-electron chi connectivity index (χ3n) is 7.36. The molecule has 2 atom stereocenters. The van der Waals surface area contributed by atoms with Gasteiger partial charge in [-0.25, -0.2) is 13.4 Å². The lowest BCUT2D eigenvalue weighted by Crippen LogP contribution is -2.55. The normalized spacial score (nSPS) is 19.4. The van der Waals surface area contributed by atoms with Crippen molar-refractivity contribution in [2.75, 3.05) is 32.1 Å². The van der Waals surface area contributed by atoms with Crippen molar-refractivity contribution in [3.63, 3.8) is 0 Å². The molecule has 1 saturated heterocycles. The number of carbonyl (C=O) groups excluding carboxylic acids is 3. The largest absolute Gasteiger partial charge is 0.378 e. The number of carbonyl (C=O) groups is 3. The summed E-state index contributed by atoms with van der Waals surface area (Å²) in [6.45, 7) is 4.19. The Morgan fingerprint density at radius 3 is 2.47 bits per heavy atom. The first kappa shape index (κ1) is 28.1. The number of hydrogen-bond acceptors (Lipinski definition) is 7. The van der Waals surface area contributed by atoms with Gasteiger partial charge in [-0.1, -0.05) is 32.1 Å². The smallest absolute Gasteiger partial charge is 0.243 e. The van der Waals surface area contributed by atoms with E-state index in [0.717, 1.165) is 32.1 Å². The highest BCUT2D eigenvalue weighted by Crippen LogP contribution is 2.32. The Morgan fingerprint density at radius 1 is 1.22 bits per heavy atom. The van der Waals surface area contributed by atoms with Crippen molar-refractivity contribution in [1.29, 1.82) is 0 Å². The maximum atomic E-state index is 13.6. The standard InChI is InChI=1S/C24H39N5O6S/c1-24(2,23(32)29-8-10-35-11-9-29)36(33,34)15-18(12-17-6-4-3-5-7-17)22(31)28-20(21(25)30)13-19-14-26-16-27-19/h14,16-18,20H,3-13,15H2,1-2H3,(H2,25,30)(H,26,27)(H,28,31)/t18-,20?/m1/s1. The number of nitrogens with one attached hydrogen (secondary N) is 2. The van der Waals surface area contributed by atoms with E-state index in [9.17, 15) is 22.8 Å². The average Bonchev–Trinajstić information content (AvgIpc) is 3.36. The third kappa shape index (κ3) is 7.06. The lowest BCUT2D eigenvalue weighted by atomic mass is 9.83. The van der Waals surface area contributed by atoms with Crippen molar-refractivity contribution < 1.29 is 27.5 Å². The molecule has 202 valence electrons. The molecule has 1 aromatic rings. The number of aromatic amines is 1. The van der Waals surface area contributed by atoms with Gasteiger partial charge >= 0.3 is 0 Å². The summed E-state index contributed by atoms with van der Waals surface area (Å²) in [5.74, 6) is -2.92. The molecule has 12 heteroatoms. The molecule has 1 unspecified atom stereocenters. The molecule has 0 radical (unpaired) electrons. The molecule has 3 amide bonds. The van der Waals surface area contributed by atoms with Crippen LogP contribution in [0.25, 0.3) is 0 Å². The van der Waals surface area contributed by atoms with Gasteiger partial charge in [0.05, 0.1) is 31.2 Å². The van der Waals surface area contributed by atoms with E-state index in [4.69, 9.17) is 10.5 Å². The number of H-pyrrole nitrogens is 1. The molecule has 1 aliphatic heterocycles. The Hall–Kier alpha value is -2.47. The van der Waals surface area contributed by atoms with Crippen LogP contribution in [0.15, 0.2) is 12.5 Å². The Morgan fingerprint density at radius 2 is 1.89 bits per heavy atom. The van der Waals surface area contributed by atoms with Gasteiger partial charge in [0.15, 0.2) is 9.84 Å². The van der Waals surface area contributed by atoms with Crippen molar-refractivity contribution in [2.45, 2.75) is 69.6 Å². The lowest BCUT2D eigenvalue weighted by molar-refractivity contribution is -0.137. The molecule has 3 rings (SSSR count). The van der Waals surface area contributed by atoms with Crippen LogP contribution in [0.2, 0.25) is 0 Å². The molecule has 2 fully saturated rings. The number of sulfone groups is 1. The molecule has 1 aromatic heterocycles. The minimum Gasteiger partial charge on any atom is -0.378 e. The van der Waals surface area contributed by atoms with Crippen LogP contribution in [-0.2, 0) is 35.4 Å². The molecule has 36 heavy (non-hydrogen) atoms. The summed E-state index contributed by atoms with van der Waals surface area (Å²) in [4.78, 5) is 47.0. The summed E-state index contributed by atoms with van der Waals surface area (Å²) in [7, 11) is -4.03. The average molecular weight is 526 g/mol. The van der Waals surface area contributed by atoms with E-state index in [-0.39, 0.29) is 12.3 Å². The molecule has 4 N–H and O–H groups in total. The number of imidazole rings is 1. The minimum atomic E-state index is -4.03. The van der Waals surface area contributed by atoms with E-state index in [1.165, 1.54) is 31.3 Å². The van der Waals surface area contributed by atoms with Gasteiger partial charge in [-0.3, -0.25) is 14.4 Å². The number of nitrogens with zero attached hydrogens (tertiary/aromatic N) is 2. The maximum Gasteiger partial charge on any atom is 0.243 e. The second kappa shape index (κ2) is 12.2. The number of amides is 3. The summed E-state index contributed by atoms with van der Waals surface area (Å²) < 4.78 is 30.8. The number of ether oxygens (including phenoxy) is 1. The summed E-state index contributed by atoms with van der Waals surface area (Å²) in [6, 6.07) is -1.02. The summed E-state index contributed by atoms with van der Waals surface area (Å²) in [5, 5.41) is 2.67. The fraction of sp³-hybridized carbons (Fsp3) is 0.750. The van der Waals surface area contributed by atoms with Crippen molar-refractivity contribution in [3.05, 3.63) is 18.2 Å². The van der Waals surface area contributed by atoms with E-state index in [0.29, 0.717) is 38.4 Å². The number of rotatable bonds is 11. The molecular weight excluding hydrogens is 486 g/mol.